The summed E-state index contributed by atoms with van der Waals surface area (Å²) in [4.78, 5) is 16.1. The Bertz CT molecular complexity index is 582. The molecule has 1 saturated heterocycles. The number of nitrogens with one attached hydrogen (secondary N) is 1. The van der Waals surface area contributed by atoms with Gasteiger partial charge in [-0.25, -0.2) is 4.99 Å². The summed E-state index contributed by atoms with van der Waals surface area (Å²) in [5, 5.41) is 2.35. The fraction of sp³-hybridized carbons (Fsp3) is 0.467. The molecule has 1 aromatic carbocycles. The number of amidine groups is 1. The Balaban J connectivity index is 2.03. The second-order valence-corrected chi connectivity index (χ2v) is 5.02. The number of carbonyl (C=O) groups is 1. The van der Waals surface area contributed by atoms with Crippen molar-refractivity contribution in [3.63, 3.8) is 0 Å². The van der Waals surface area contributed by atoms with Crippen LogP contribution in [0.1, 0.15) is 28.8 Å². The third kappa shape index (κ3) is 4.95. The Morgan fingerprint density at radius 2 is 2.26 bits per heavy atom. The van der Waals surface area contributed by atoms with Crippen molar-refractivity contribution in [1.29, 1.82) is 0 Å². The molecule has 0 aliphatic carbocycles. The van der Waals surface area contributed by atoms with E-state index in [4.69, 9.17) is 9.47 Å². The van der Waals surface area contributed by atoms with Gasteiger partial charge in [0.1, 0.15) is 0 Å². The number of alkyl halides is 3. The van der Waals surface area contributed by atoms with Crippen molar-refractivity contribution in [3.8, 4) is 0 Å². The molecule has 0 unspecified atom stereocenters. The zero-order chi connectivity index (χ0) is 16.9. The number of aliphatic imine (C=N–C) groups is 1. The number of hydrogen-bond acceptors (Lipinski definition) is 4. The summed E-state index contributed by atoms with van der Waals surface area (Å²) in [5.74, 6) is -0.718. The number of nitrogens with zero attached hydrogens (tertiary/aromatic N) is 1. The van der Waals surface area contributed by atoms with Gasteiger partial charge in [-0.3, -0.25) is 10.1 Å². The largest absolute Gasteiger partial charge is 0.468 e. The molecule has 1 aliphatic heterocycles. The van der Waals surface area contributed by atoms with E-state index in [0.717, 1.165) is 25.0 Å². The second-order valence-electron chi connectivity index (χ2n) is 5.02. The van der Waals surface area contributed by atoms with Crippen molar-refractivity contribution in [2.75, 3.05) is 20.3 Å². The lowest BCUT2D eigenvalue weighted by Crippen LogP contribution is -2.32. The normalized spacial score (nSPS) is 18.8. The number of benzene rings is 1. The highest BCUT2D eigenvalue weighted by Crippen LogP contribution is 2.29. The Labute approximate surface area is 131 Å². The minimum absolute atomic E-state index is 0.0226. The highest BCUT2D eigenvalue weighted by Gasteiger charge is 2.31. The van der Waals surface area contributed by atoms with Crippen LogP contribution >= 0.6 is 0 Å². The summed E-state index contributed by atoms with van der Waals surface area (Å²) in [5.41, 5.74) is -1.01. The molecule has 5 nitrogen and oxygen atoms in total. The molecule has 0 radical (unpaired) electrons. The van der Waals surface area contributed by atoms with E-state index >= 15 is 0 Å². The lowest BCUT2D eigenvalue weighted by Gasteiger charge is -2.11. The molecule has 0 aromatic heterocycles. The van der Waals surface area contributed by atoms with Crippen molar-refractivity contribution in [2.24, 2.45) is 4.99 Å². The average molecular weight is 330 g/mol. The number of halogens is 3. The van der Waals surface area contributed by atoms with Crippen molar-refractivity contribution in [3.05, 3.63) is 35.4 Å². The van der Waals surface area contributed by atoms with Gasteiger partial charge in [-0.2, -0.15) is 13.2 Å². The number of methoxy groups -OCH3 is 1. The standard InChI is InChI=1S/C15H17F3N2O3/c1-22-14(19-9-12-6-3-7-23-12)20-13(21)10-4-2-5-11(8-10)15(16,17)18/h2,4-5,8,12H,3,6-7,9H2,1H3,(H,19,20,21)/t12-/m1/s1. The maximum atomic E-state index is 12.7. The third-order valence-electron chi connectivity index (χ3n) is 3.33. The van der Waals surface area contributed by atoms with Crippen LogP contribution in [-0.4, -0.2) is 38.3 Å². The second kappa shape index (κ2) is 7.45. The van der Waals surface area contributed by atoms with E-state index < -0.39 is 17.6 Å². The summed E-state index contributed by atoms with van der Waals surface area (Å²) >= 11 is 0. The fourth-order valence-corrected chi connectivity index (χ4v) is 2.13. The van der Waals surface area contributed by atoms with E-state index in [1.165, 1.54) is 19.2 Å². The maximum absolute atomic E-state index is 12.7. The van der Waals surface area contributed by atoms with E-state index in [1.54, 1.807) is 0 Å². The van der Waals surface area contributed by atoms with Crippen LogP contribution in [0, 0.1) is 0 Å². The van der Waals surface area contributed by atoms with Gasteiger partial charge in [-0.15, -0.1) is 0 Å². The topological polar surface area (TPSA) is 59.9 Å². The molecule has 0 bridgehead atoms. The van der Waals surface area contributed by atoms with Gasteiger partial charge in [0.05, 0.1) is 25.3 Å². The van der Waals surface area contributed by atoms with Crippen LogP contribution in [-0.2, 0) is 15.7 Å². The molecular formula is C15H17F3N2O3. The number of ether oxygens (including phenoxy) is 2. The molecule has 1 aliphatic rings. The van der Waals surface area contributed by atoms with Crippen molar-refractivity contribution >= 4 is 11.9 Å². The average Bonchev–Trinajstić information content (AvgIpc) is 3.04. The first-order chi connectivity index (χ1) is 10.9. The van der Waals surface area contributed by atoms with Crippen LogP contribution in [0.15, 0.2) is 29.3 Å². The smallest absolute Gasteiger partial charge is 0.416 e. The highest BCUT2D eigenvalue weighted by molar-refractivity contribution is 6.04. The van der Waals surface area contributed by atoms with Crippen LogP contribution in [0.4, 0.5) is 13.2 Å². The number of amides is 1. The Hall–Kier alpha value is -2.09. The molecule has 126 valence electrons. The van der Waals surface area contributed by atoms with Crippen LogP contribution < -0.4 is 5.32 Å². The SMILES string of the molecule is COC(=NC[C@H]1CCCO1)NC(=O)c1cccc(C(F)(F)F)c1. The first-order valence-corrected chi connectivity index (χ1v) is 7.09. The maximum Gasteiger partial charge on any atom is 0.416 e. The summed E-state index contributed by atoms with van der Waals surface area (Å²) in [7, 11) is 1.32. The van der Waals surface area contributed by atoms with Crippen LogP contribution in [0.25, 0.3) is 0 Å². The summed E-state index contributed by atoms with van der Waals surface area (Å²) in [6, 6.07) is 4.09. The third-order valence-corrected chi connectivity index (χ3v) is 3.33. The zero-order valence-electron chi connectivity index (χ0n) is 12.5. The Morgan fingerprint density at radius 1 is 1.48 bits per heavy atom. The molecule has 1 amide bonds. The van der Waals surface area contributed by atoms with Crippen molar-refractivity contribution in [1.82, 2.24) is 5.32 Å². The van der Waals surface area contributed by atoms with E-state index in [2.05, 4.69) is 10.3 Å². The van der Waals surface area contributed by atoms with Crippen LogP contribution in [0.3, 0.4) is 0 Å². The molecule has 0 spiro atoms. The molecule has 1 atom stereocenters. The molecule has 1 heterocycles. The predicted octanol–water partition coefficient (Wildman–Crippen LogP) is 2.62. The molecule has 8 heteroatoms. The van der Waals surface area contributed by atoms with Gasteiger partial charge in [-0.05, 0) is 31.0 Å². The van der Waals surface area contributed by atoms with Gasteiger partial charge in [0.15, 0.2) is 0 Å². The van der Waals surface area contributed by atoms with Gasteiger partial charge >= 0.3 is 6.18 Å². The molecule has 2 rings (SSSR count). The van der Waals surface area contributed by atoms with E-state index in [9.17, 15) is 18.0 Å². The van der Waals surface area contributed by atoms with E-state index in [-0.39, 0.29) is 17.7 Å². The quantitative estimate of drug-likeness (QED) is 0.685. The Kier molecular flexibility index (Phi) is 5.59. The summed E-state index contributed by atoms with van der Waals surface area (Å²) in [6.45, 7) is 1.01. The van der Waals surface area contributed by atoms with Gasteiger partial charge in [0.25, 0.3) is 11.9 Å². The molecular weight excluding hydrogens is 313 g/mol. The number of hydrogen-bond donors (Lipinski definition) is 1. The fourth-order valence-electron chi connectivity index (χ4n) is 2.13. The lowest BCUT2D eigenvalue weighted by atomic mass is 10.1. The Morgan fingerprint density at radius 3 is 2.87 bits per heavy atom. The van der Waals surface area contributed by atoms with Gasteiger partial charge < -0.3 is 9.47 Å². The summed E-state index contributed by atoms with van der Waals surface area (Å²) in [6.07, 6.45) is -2.69. The molecule has 0 saturated carbocycles. The molecule has 23 heavy (non-hydrogen) atoms. The predicted molar refractivity (Wildman–Crippen MR) is 77.2 cm³/mol. The minimum atomic E-state index is -4.51. The molecule has 1 N–H and O–H groups in total. The highest BCUT2D eigenvalue weighted by atomic mass is 19.4. The van der Waals surface area contributed by atoms with E-state index in [0.29, 0.717) is 13.2 Å². The van der Waals surface area contributed by atoms with Crippen molar-refractivity contribution < 1.29 is 27.4 Å². The monoisotopic (exact) mass is 330 g/mol. The van der Waals surface area contributed by atoms with E-state index in [1.807, 2.05) is 0 Å². The number of rotatable bonds is 3. The first kappa shape index (κ1) is 17.3. The molecule has 1 aromatic rings. The van der Waals surface area contributed by atoms with Gasteiger partial charge in [0, 0.05) is 12.2 Å². The first-order valence-electron chi connectivity index (χ1n) is 7.09. The number of carbonyl (C=O) groups excluding carboxylic acids is 1. The zero-order valence-corrected chi connectivity index (χ0v) is 12.5. The molecule has 1 fully saturated rings. The minimum Gasteiger partial charge on any atom is -0.468 e. The lowest BCUT2D eigenvalue weighted by molar-refractivity contribution is -0.137. The van der Waals surface area contributed by atoms with Crippen LogP contribution in [0.5, 0.6) is 0 Å². The summed E-state index contributed by atoms with van der Waals surface area (Å²) < 4.78 is 48.3. The van der Waals surface area contributed by atoms with Crippen molar-refractivity contribution in [2.45, 2.75) is 25.1 Å². The van der Waals surface area contributed by atoms with Gasteiger partial charge in [-0.1, -0.05) is 6.07 Å². The van der Waals surface area contributed by atoms with Gasteiger partial charge in [0.2, 0.25) is 0 Å². The van der Waals surface area contributed by atoms with Crippen LogP contribution in [0.2, 0.25) is 0 Å².